The third-order valence-electron chi connectivity index (χ3n) is 4.89. The number of rotatable bonds is 3. The van der Waals surface area contributed by atoms with Crippen LogP contribution in [0, 0.1) is 23.1 Å². The average molecular weight is 460 g/mol. The minimum absolute atomic E-state index is 0.234. The Balaban J connectivity index is 1.83. The van der Waals surface area contributed by atoms with E-state index in [1.165, 1.54) is 19.1 Å². The molecule has 166 valence electrons. The van der Waals surface area contributed by atoms with Crippen LogP contribution in [-0.2, 0) is 4.79 Å². The van der Waals surface area contributed by atoms with Crippen molar-refractivity contribution < 1.29 is 13.6 Å². The number of benzene rings is 3. The fourth-order valence-corrected chi connectivity index (χ4v) is 3.98. The third kappa shape index (κ3) is 5.18. The molecule has 7 heteroatoms. The number of hydrogen-bond donors (Lipinski definition) is 1. The lowest BCUT2D eigenvalue weighted by Crippen LogP contribution is -2.16. The number of halogens is 2. The second-order valence-electron chi connectivity index (χ2n) is 8.89. The van der Waals surface area contributed by atoms with Gasteiger partial charge in [0.15, 0.2) is 0 Å². The Morgan fingerprint density at radius 1 is 1.03 bits per heavy atom. The van der Waals surface area contributed by atoms with E-state index in [0.717, 1.165) is 22.7 Å². The molecule has 0 aliphatic carbocycles. The van der Waals surface area contributed by atoms with Crippen molar-refractivity contribution in [3.05, 3.63) is 78.1 Å². The van der Waals surface area contributed by atoms with Gasteiger partial charge in [-0.25, -0.2) is 13.8 Å². The largest absolute Gasteiger partial charge is 0.326 e. The van der Waals surface area contributed by atoms with Gasteiger partial charge in [0.05, 0.1) is 11.0 Å². The SMILES string of the molecule is CC(=O)Nc1cc(-c2ccc(F)cc2F)cc(-n2cnc3cc(C#C[Si](C)(C)C)ccc32)c1. The van der Waals surface area contributed by atoms with E-state index in [-0.39, 0.29) is 11.5 Å². The number of anilines is 1. The summed E-state index contributed by atoms with van der Waals surface area (Å²) < 4.78 is 29.8. The van der Waals surface area contributed by atoms with Crippen molar-refractivity contribution in [2.75, 3.05) is 5.32 Å². The Bertz CT molecular complexity index is 1440. The maximum atomic E-state index is 14.5. The molecule has 0 bridgehead atoms. The highest BCUT2D eigenvalue weighted by Gasteiger charge is 2.13. The number of carbonyl (C=O) groups is 1. The number of hydrogen-bond acceptors (Lipinski definition) is 2. The Hall–Kier alpha value is -3.76. The van der Waals surface area contributed by atoms with Gasteiger partial charge in [-0.15, -0.1) is 5.54 Å². The molecular formula is C26H23F2N3OSi. The van der Waals surface area contributed by atoms with Crippen LogP contribution in [0.1, 0.15) is 12.5 Å². The normalized spacial score (nSPS) is 11.2. The van der Waals surface area contributed by atoms with Gasteiger partial charge in [-0.1, -0.05) is 25.6 Å². The number of nitrogens with zero attached hydrogens (tertiary/aromatic N) is 2. The lowest BCUT2D eigenvalue weighted by atomic mass is 10.0. The maximum Gasteiger partial charge on any atom is 0.221 e. The molecule has 4 aromatic rings. The molecule has 1 amide bonds. The molecule has 3 aromatic carbocycles. The fraction of sp³-hybridized carbons (Fsp3) is 0.154. The van der Waals surface area contributed by atoms with Crippen molar-refractivity contribution in [3.63, 3.8) is 0 Å². The quantitative estimate of drug-likeness (QED) is 0.295. The lowest BCUT2D eigenvalue weighted by Gasteiger charge is -2.13. The average Bonchev–Trinajstić information content (AvgIpc) is 3.14. The van der Waals surface area contributed by atoms with E-state index in [0.29, 0.717) is 16.9 Å². The van der Waals surface area contributed by atoms with E-state index in [1.807, 2.05) is 22.8 Å². The highest BCUT2D eigenvalue weighted by molar-refractivity contribution is 6.83. The number of amides is 1. The first kappa shape index (κ1) is 22.4. The van der Waals surface area contributed by atoms with Crippen molar-refractivity contribution >= 4 is 30.7 Å². The zero-order valence-electron chi connectivity index (χ0n) is 18.8. The molecule has 1 aromatic heterocycles. The van der Waals surface area contributed by atoms with Crippen LogP contribution >= 0.6 is 0 Å². The first-order valence-electron chi connectivity index (χ1n) is 10.5. The summed E-state index contributed by atoms with van der Waals surface area (Å²) in [6.07, 6.45) is 1.68. The first-order chi connectivity index (χ1) is 15.6. The van der Waals surface area contributed by atoms with Crippen molar-refractivity contribution in [2.24, 2.45) is 0 Å². The Labute approximate surface area is 192 Å². The van der Waals surface area contributed by atoms with Gasteiger partial charge in [0.2, 0.25) is 5.91 Å². The first-order valence-corrected chi connectivity index (χ1v) is 14.0. The van der Waals surface area contributed by atoms with Gasteiger partial charge in [-0.3, -0.25) is 9.36 Å². The maximum absolute atomic E-state index is 14.5. The molecule has 0 saturated heterocycles. The van der Waals surface area contributed by atoms with Gasteiger partial charge in [-0.2, -0.15) is 0 Å². The fourth-order valence-electron chi connectivity index (χ4n) is 3.46. The predicted octanol–water partition coefficient (Wildman–Crippen LogP) is 6.16. The minimum Gasteiger partial charge on any atom is -0.326 e. The van der Waals surface area contributed by atoms with Gasteiger partial charge in [-0.05, 0) is 54.1 Å². The van der Waals surface area contributed by atoms with E-state index < -0.39 is 19.7 Å². The second kappa shape index (κ2) is 8.64. The minimum atomic E-state index is -1.50. The Kier molecular flexibility index (Phi) is 5.87. The van der Waals surface area contributed by atoms with Crippen LogP contribution in [0.2, 0.25) is 19.6 Å². The summed E-state index contributed by atoms with van der Waals surface area (Å²) >= 11 is 0. The van der Waals surface area contributed by atoms with Crippen LogP contribution in [0.5, 0.6) is 0 Å². The van der Waals surface area contributed by atoms with Gasteiger partial charge < -0.3 is 5.32 Å². The number of carbonyl (C=O) groups excluding carboxylic acids is 1. The molecule has 0 atom stereocenters. The highest BCUT2D eigenvalue weighted by atomic mass is 28.3. The molecule has 0 saturated carbocycles. The monoisotopic (exact) mass is 459 g/mol. The lowest BCUT2D eigenvalue weighted by molar-refractivity contribution is -0.114. The van der Waals surface area contributed by atoms with Gasteiger partial charge in [0, 0.05) is 35.5 Å². The zero-order chi connectivity index (χ0) is 23.8. The van der Waals surface area contributed by atoms with Crippen LogP contribution in [0.3, 0.4) is 0 Å². The van der Waals surface area contributed by atoms with Crippen LogP contribution in [0.25, 0.3) is 27.8 Å². The smallest absolute Gasteiger partial charge is 0.221 e. The summed E-state index contributed by atoms with van der Waals surface area (Å²) in [7, 11) is -1.50. The molecule has 0 spiro atoms. The number of imidazole rings is 1. The Morgan fingerprint density at radius 2 is 1.82 bits per heavy atom. The Morgan fingerprint density at radius 3 is 2.52 bits per heavy atom. The van der Waals surface area contributed by atoms with Crippen molar-refractivity contribution in [1.29, 1.82) is 0 Å². The van der Waals surface area contributed by atoms with Crippen LogP contribution < -0.4 is 5.32 Å². The molecule has 33 heavy (non-hydrogen) atoms. The van der Waals surface area contributed by atoms with Crippen LogP contribution in [0.15, 0.2) is 60.9 Å². The number of aromatic nitrogens is 2. The molecule has 0 aliphatic heterocycles. The molecular weight excluding hydrogens is 436 g/mol. The highest BCUT2D eigenvalue weighted by Crippen LogP contribution is 2.30. The van der Waals surface area contributed by atoms with Crippen LogP contribution in [0.4, 0.5) is 14.5 Å². The summed E-state index contributed by atoms with van der Waals surface area (Å²) in [6, 6.07) is 14.5. The molecule has 0 aliphatic rings. The van der Waals surface area contributed by atoms with E-state index in [9.17, 15) is 13.6 Å². The van der Waals surface area contributed by atoms with Crippen molar-refractivity contribution in [1.82, 2.24) is 9.55 Å². The van der Waals surface area contributed by atoms with Crippen molar-refractivity contribution in [2.45, 2.75) is 26.6 Å². The van der Waals surface area contributed by atoms with E-state index in [1.54, 1.807) is 24.5 Å². The molecule has 4 nitrogen and oxygen atoms in total. The molecule has 4 rings (SSSR count). The topological polar surface area (TPSA) is 46.9 Å². The van der Waals surface area contributed by atoms with E-state index >= 15 is 0 Å². The summed E-state index contributed by atoms with van der Waals surface area (Å²) in [4.78, 5) is 16.2. The molecule has 1 heterocycles. The van der Waals surface area contributed by atoms with Crippen LogP contribution in [-0.4, -0.2) is 23.5 Å². The standard InChI is InChI=1S/C26H23F2N3OSi/c1-17(32)30-21-12-19(23-7-6-20(27)14-24(23)28)13-22(15-21)31-16-29-25-11-18(5-8-26(25)31)9-10-33(2,3)4/h5-8,11-16H,1-4H3,(H,30,32). The summed E-state index contributed by atoms with van der Waals surface area (Å²) in [5, 5.41) is 2.75. The van der Waals surface area contributed by atoms with Crippen molar-refractivity contribution in [3.8, 4) is 28.3 Å². The third-order valence-corrected chi connectivity index (χ3v) is 5.76. The van der Waals surface area contributed by atoms with Gasteiger partial charge >= 0.3 is 0 Å². The second-order valence-corrected chi connectivity index (χ2v) is 13.6. The predicted molar refractivity (Wildman–Crippen MR) is 131 cm³/mol. The summed E-state index contributed by atoms with van der Waals surface area (Å²) in [6.45, 7) is 7.98. The molecule has 0 fully saturated rings. The van der Waals surface area contributed by atoms with Gasteiger partial charge in [0.1, 0.15) is 26.0 Å². The van der Waals surface area contributed by atoms with E-state index in [4.69, 9.17) is 0 Å². The summed E-state index contributed by atoms with van der Waals surface area (Å²) in [5.74, 6) is 1.66. The van der Waals surface area contributed by atoms with E-state index in [2.05, 4.69) is 41.4 Å². The van der Waals surface area contributed by atoms with Gasteiger partial charge in [0.25, 0.3) is 0 Å². The molecule has 0 radical (unpaired) electrons. The zero-order valence-corrected chi connectivity index (χ0v) is 19.8. The molecule has 1 N–H and O–H groups in total. The number of fused-ring (bicyclic) bond motifs is 1. The summed E-state index contributed by atoms with van der Waals surface area (Å²) in [5.41, 5.74) is 7.80. The number of nitrogens with one attached hydrogen (secondary N) is 1. The molecule has 0 unspecified atom stereocenters.